The van der Waals surface area contributed by atoms with Crippen LogP contribution in [0.1, 0.15) is 111 Å². The molecule has 0 unspecified atom stereocenters. The molecule has 0 atom stereocenters. The number of anilines is 4. The van der Waals surface area contributed by atoms with Gasteiger partial charge in [-0.3, -0.25) is 9.97 Å². The molecule has 0 amide bonds. The quantitative estimate of drug-likeness (QED) is 0.177. The van der Waals surface area contributed by atoms with Gasteiger partial charge in [0.25, 0.3) is 0 Å². The van der Waals surface area contributed by atoms with Crippen LogP contribution in [0.3, 0.4) is 0 Å². The van der Waals surface area contributed by atoms with Crippen molar-refractivity contribution in [2.75, 3.05) is 45.8 Å². The molecule has 6 heteroatoms. The fourth-order valence-corrected chi connectivity index (χ4v) is 10.8. The van der Waals surface area contributed by atoms with Crippen molar-refractivity contribution >= 4 is 34.9 Å². The number of para-hydroxylation sites is 2. The molecule has 0 radical (unpaired) electrons. The number of aryl methyl sites for hydroxylation is 6. The number of nitrogens with zero attached hydrogens (tertiary/aromatic N) is 6. The molecule has 0 bridgehead atoms. The van der Waals surface area contributed by atoms with Gasteiger partial charge in [-0.1, -0.05) is 53.6 Å². The largest absolute Gasteiger partial charge is 0.344 e. The molecule has 0 N–H and O–H groups in total. The van der Waals surface area contributed by atoms with Gasteiger partial charge in [0.1, 0.15) is 0 Å². The second-order valence-corrected chi connectivity index (χ2v) is 18.0. The fourth-order valence-electron chi connectivity index (χ4n) is 10.8. The summed E-state index contributed by atoms with van der Waals surface area (Å²) in [4.78, 5) is 18.5. The van der Waals surface area contributed by atoms with Gasteiger partial charge in [0.05, 0.1) is 17.1 Å². The minimum atomic E-state index is 1.11. The Morgan fingerprint density at radius 1 is 0.367 bits per heavy atom. The fraction of sp³-hybridized carbons (Fsp3) is 0.370. The van der Waals surface area contributed by atoms with Crippen LogP contribution >= 0.6 is 0 Å². The molecular formula is C54H62N6. The second-order valence-electron chi connectivity index (χ2n) is 18.0. The highest BCUT2D eigenvalue weighted by Crippen LogP contribution is 2.43. The number of allylic oxidation sites excluding steroid dienone is 4. The minimum Gasteiger partial charge on any atom is -0.344 e. The maximum absolute atomic E-state index is 4.29. The Morgan fingerprint density at radius 2 is 0.833 bits per heavy atom. The first-order valence-corrected chi connectivity index (χ1v) is 22.4. The standard InChI is InChI=1S/C14H17N.C14H15N.C13H16N2.C13H14N2/c2*1-10-8-9-15-13(10)7-6-12-5-3-4-11(2)14(12)15;2*1-9-5-6-15-12(9)4-3-11-8-14-7-10(2)13(11)15/h3-5H,6-9H2,1-2H3;3-7H,8-9H2,1-2H3;7-8H,3-6H2,1-2H3;3-4,7-8H,5-6H2,1-2H3. The highest BCUT2D eigenvalue weighted by molar-refractivity contribution is 5.81. The molecule has 6 nitrogen and oxygen atoms in total. The van der Waals surface area contributed by atoms with E-state index in [2.05, 4.69) is 146 Å². The summed E-state index contributed by atoms with van der Waals surface area (Å²) in [6.45, 7) is 22.4. The Labute approximate surface area is 359 Å². The Morgan fingerprint density at radius 3 is 1.47 bits per heavy atom. The van der Waals surface area contributed by atoms with Gasteiger partial charge in [0.2, 0.25) is 0 Å². The van der Waals surface area contributed by atoms with E-state index < -0.39 is 0 Å². The predicted molar refractivity (Wildman–Crippen MR) is 254 cm³/mol. The van der Waals surface area contributed by atoms with E-state index in [1.54, 1.807) is 22.5 Å². The number of aromatic nitrogens is 2. The third kappa shape index (κ3) is 7.22. The summed E-state index contributed by atoms with van der Waals surface area (Å²) < 4.78 is 0. The van der Waals surface area contributed by atoms with Crippen LogP contribution in [0, 0.1) is 27.7 Å². The zero-order valence-electron chi connectivity index (χ0n) is 37.3. The SMILES string of the molecule is CC1=C2C=Cc3cccc(C)c3N2CC1.CC1=C2C=Cc3cncc(C)c3N2CC1.CC1=C2CCc3cccc(C)c3N2CC1.CC1=C2CCc3cncc(C)c3N2CC1. The highest BCUT2D eigenvalue weighted by Gasteiger charge is 2.30. The Bertz CT molecular complexity index is 2380. The maximum Gasteiger partial charge on any atom is 0.0545 e. The predicted octanol–water partition coefficient (Wildman–Crippen LogP) is 12.7. The molecule has 0 saturated carbocycles. The molecule has 12 rings (SSSR count). The first-order valence-electron chi connectivity index (χ1n) is 22.4. The van der Waals surface area contributed by atoms with Crippen molar-refractivity contribution in [2.45, 2.75) is 107 Å². The van der Waals surface area contributed by atoms with Gasteiger partial charge in [0.15, 0.2) is 0 Å². The molecule has 10 heterocycles. The maximum atomic E-state index is 4.29. The first kappa shape index (κ1) is 39.8. The van der Waals surface area contributed by atoms with Gasteiger partial charge < -0.3 is 19.6 Å². The molecule has 4 aromatic rings. The van der Waals surface area contributed by atoms with Crippen LogP contribution in [0.2, 0.25) is 0 Å². The molecule has 8 aliphatic rings. The lowest BCUT2D eigenvalue weighted by Crippen LogP contribution is -2.25. The Hall–Kier alpha value is -5.62. The van der Waals surface area contributed by atoms with Crippen LogP contribution in [0.15, 0.2) is 118 Å². The van der Waals surface area contributed by atoms with Crippen LogP contribution in [-0.4, -0.2) is 36.1 Å². The van der Waals surface area contributed by atoms with Crippen LogP contribution in [0.4, 0.5) is 22.7 Å². The van der Waals surface area contributed by atoms with Gasteiger partial charge in [-0.05, 0) is 175 Å². The van der Waals surface area contributed by atoms with Crippen molar-refractivity contribution < 1.29 is 0 Å². The van der Waals surface area contributed by atoms with E-state index in [0.29, 0.717) is 0 Å². The van der Waals surface area contributed by atoms with Crippen LogP contribution < -0.4 is 19.6 Å². The first-order chi connectivity index (χ1) is 29.1. The molecule has 2 aromatic carbocycles. The summed E-state index contributed by atoms with van der Waals surface area (Å²) in [5.41, 5.74) is 28.8. The topological polar surface area (TPSA) is 38.7 Å². The van der Waals surface area contributed by atoms with Crippen molar-refractivity contribution in [3.05, 3.63) is 163 Å². The van der Waals surface area contributed by atoms with Gasteiger partial charge in [0, 0.05) is 85.0 Å². The van der Waals surface area contributed by atoms with Gasteiger partial charge in [-0.25, -0.2) is 0 Å². The lowest BCUT2D eigenvalue weighted by Gasteiger charge is -2.31. The third-order valence-corrected chi connectivity index (χ3v) is 14.0. The average Bonchev–Trinajstić information content (AvgIpc) is 4.04. The van der Waals surface area contributed by atoms with E-state index in [9.17, 15) is 0 Å². The molecule has 308 valence electrons. The Kier molecular flexibility index (Phi) is 10.9. The minimum absolute atomic E-state index is 1.11. The molecule has 2 aromatic heterocycles. The van der Waals surface area contributed by atoms with Gasteiger partial charge in [-0.2, -0.15) is 0 Å². The zero-order valence-corrected chi connectivity index (χ0v) is 37.3. The van der Waals surface area contributed by atoms with Gasteiger partial charge >= 0.3 is 0 Å². The molecule has 0 fully saturated rings. The number of fused-ring (bicyclic) bond motifs is 12. The van der Waals surface area contributed by atoms with Crippen LogP contribution in [0.5, 0.6) is 0 Å². The van der Waals surface area contributed by atoms with Gasteiger partial charge in [-0.15, -0.1) is 0 Å². The van der Waals surface area contributed by atoms with Crippen molar-refractivity contribution in [1.29, 1.82) is 0 Å². The monoisotopic (exact) mass is 795 g/mol. The van der Waals surface area contributed by atoms with E-state index in [-0.39, 0.29) is 0 Å². The summed E-state index contributed by atoms with van der Waals surface area (Å²) in [5, 5.41) is 0. The summed E-state index contributed by atoms with van der Waals surface area (Å²) in [6, 6.07) is 13.2. The number of hydrogen-bond donors (Lipinski definition) is 0. The summed E-state index contributed by atoms with van der Waals surface area (Å²) in [6.07, 6.45) is 26.5. The van der Waals surface area contributed by atoms with E-state index >= 15 is 0 Å². The van der Waals surface area contributed by atoms with E-state index in [1.807, 2.05) is 24.8 Å². The third-order valence-electron chi connectivity index (χ3n) is 14.0. The number of hydrogen-bond acceptors (Lipinski definition) is 6. The lowest BCUT2D eigenvalue weighted by atomic mass is 9.96. The number of benzene rings is 2. The highest BCUT2D eigenvalue weighted by atomic mass is 15.2. The van der Waals surface area contributed by atoms with E-state index in [1.165, 1.54) is 148 Å². The van der Waals surface area contributed by atoms with Crippen molar-refractivity contribution in [3.8, 4) is 0 Å². The van der Waals surface area contributed by atoms with Crippen molar-refractivity contribution in [1.82, 2.24) is 9.97 Å². The number of pyridine rings is 2. The summed E-state index contributed by atoms with van der Waals surface area (Å²) in [5.74, 6) is 0. The number of rotatable bonds is 0. The Balaban J connectivity index is 0.000000103. The van der Waals surface area contributed by atoms with Crippen molar-refractivity contribution in [2.24, 2.45) is 0 Å². The molecule has 0 spiro atoms. The molecule has 8 aliphatic heterocycles. The average molecular weight is 795 g/mol. The summed E-state index contributed by atoms with van der Waals surface area (Å²) >= 11 is 0. The second kappa shape index (κ2) is 16.4. The molecule has 0 aliphatic carbocycles. The summed E-state index contributed by atoms with van der Waals surface area (Å²) in [7, 11) is 0. The molecular weight excluding hydrogens is 733 g/mol. The van der Waals surface area contributed by atoms with Crippen LogP contribution in [0.25, 0.3) is 12.2 Å². The molecule has 0 saturated heterocycles. The lowest BCUT2D eigenvalue weighted by molar-refractivity contribution is 0.811. The van der Waals surface area contributed by atoms with Crippen molar-refractivity contribution in [3.63, 3.8) is 0 Å². The zero-order chi connectivity index (χ0) is 41.7. The van der Waals surface area contributed by atoms with E-state index in [4.69, 9.17) is 0 Å². The van der Waals surface area contributed by atoms with E-state index in [0.717, 1.165) is 19.5 Å². The normalized spacial score (nSPS) is 18.7. The smallest absolute Gasteiger partial charge is 0.0545 e. The van der Waals surface area contributed by atoms with Crippen LogP contribution in [-0.2, 0) is 12.8 Å². The molecule has 60 heavy (non-hydrogen) atoms.